The minimum atomic E-state index is 1.02. The van der Waals surface area contributed by atoms with Gasteiger partial charge in [-0.05, 0) is 61.1 Å². The maximum atomic E-state index is 5.90. The average Bonchev–Trinajstić information content (AvgIpc) is 2.64. The molecule has 0 atom stereocenters. The number of benzene rings is 3. The number of hydrogen-bond donors (Lipinski definition) is 0. The number of rotatable bonds is 5. The SMILES string of the molecule is CCCc1cc(-c2ccc(C)cc2)c(C)c(-c2ccc(C)cc2)c1OC. The Bertz CT molecular complexity index is 887. The van der Waals surface area contributed by atoms with Crippen LogP contribution in [0.4, 0.5) is 0 Å². The molecular weight excluding hydrogens is 316 g/mol. The van der Waals surface area contributed by atoms with Crippen LogP contribution in [-0.4, -0.2) is 7.11 Å². The van der Waals surface area contributed by atoms with E-state index in [1.807, 2.05) is 0 Å². The Kier molecular flexibility index (Phi) is 5.46. The Morgan fingerprint density at radius 1 is 0.769 bits per heavy atom. The summed E-state index contributed by atoms with van der Waals surface area (Å²) in [4.78, 5) is 0. The van der Waals surface area contributed by atoms with E-state index in [-0.39, 0.29) is 0 Å². The molecule has 3 rings (SSSR count). The van der Waals surface area contributed by atoms with Crippen LogP contribution in [0.1, 0.15) is 35.6 Å². The van der Waals surface area contributed by atoms with Gasteiger partial charge in [-0.1, -0.05) is 73.0 Å². The first-order chi connectivity index (χ1) is 12.5. The van der Waals surface area contributed by atoms with E-state index in [0.29, 0.717) is 0 Å². The van der Waals surface area contributed by atoms with Gasteiger partial charge in [-0.3, -0.25) is 0 Å². The first-order valence-corrected chi connectivity index (χ1v) is 9.39. The highest BCUT2D eigenvalue weighted by Crippen LogP contribution is 2.42. The Morgan fingerprint density at radius 3 is 1.81 bits per heavy atom. The second-order valence-corrected chi connectivity index (χ2v) is 7.10. The molecule has 0 saturated heterocycles. The van der Waals surface area contributed by atoms with Crippen molar-refractivity contribution < 1.29 is 4.74 Å². The van der Waals surface area contributed by atoms with Crippen LogP contribution < -0.4 is 4.74 Å². The molecule has 0 radical (unpaired) electrons. The van der Waals surface area contributed by atoms with Gasteiger partial charge in [0.05, 0.1) is 7.11 Å². The lowest BCUT2D eigenvalue weighted by molar-refractivity contribution is 0.411. The van der Waals surface area contributed by atoms with Crippen LogP contribution >= 0.6 is 0 Å². The van der Waals surface area contributed by atoms with Crippen molar-refractivity contribution in [1.29, 1.82) is 0 Å². The molecule has 0 amide bonds. The summed E-state index contributed by atoms with van der Waals surface area (Å²) >= 11 is 0. The fraction of sp³-hybridized carbons (Fsp3) is 0.280. The first kappa shape index (κ1) is 18.3. The van der Waals surface area contributed by atoms with Crippen molar-refractivity contribution in [2.45, 2.75) is 40.5 Å². The van der Waals surface area contributed by atoms with E-state index >= 15 is 0 Å². The Morgan fingerprint density at radius 2 is 1.31 bits per heavy atom. The molecular formula is C25H28O. The summed E-state index contributed by atoms with van der Waals surface area (Å²) in [6, 6.07) is 19.9. The van der Waals surface area contributed by atoms with Gasteiger partial charge in [-0.15, -0.1) is 0 Å². The molecule has 26 heavy (non-hydrogen) atoms. The summed E-state index contributed by atoms with van der Waals surface area (Å²) in [5.74, 6) is 1.02. The Balaban J connectivity index is 2.29. The third kappa shape index (κ3) is 3.53. The number of hydrogen-bond acceptors (Lipinski definition) is 1. The fourth-order valence-electron chi connectivity index (χ4n) is 3.60. The fourth-order valence-corrected chi connectivity index (χ4v) is 3.60. The van der Waals surface area contributed by atoms with E-state index in [9.17, 15) is 0 Å². The Labute approximate surface area is 157 Å². The predicted molar refractivity (Wildman–Crippen MR) is 112 cm³/mol. The smallest absolute Gasteiger partial charge is 0.130 e. The molecule has 0 spiro atoms. The van der Waals surface area contributed by atoms with Gasteiger partial charge in [0, 0.05) is 5.56 Å². The van der Waals surface area contributed by atoms with Crippen LogP contribution in [0.2, 0.25) is 0 Å². The maximum absolute atomic E-state index is 5.90. The molecule has 1 heteroatoms. The molecule has 0 bridgehead atoms. The highest BCUT2D eigenvalue weighted by Gasteiger charge is 2.18. The zero-order valence-corrected chi connectivity index (χ0v) is 16.5. The maximum Gasteiger partial charge on any atom is 0.130 e. The summed E-state index contributed by atoms with van der Waals surface area (Å²) < 4.78 is 5.90. The van der Waals surface area contributed by atoms with Gasteiger partial charge in [-0.2, -0.15) is 0 Å². The summed E-state index contributed by atoms with van der Waals surface area (Å²) in [6.07, 6.45) is 2.11. The van der Waals surface area contributed by atoms with E-state index in [1.54, 1.807) is 7.11 Å². The van der Waals surface area contributed by atoms with Crippen molar-refractivity contribution in [3.05, 3.63) is 76.9 Å². The molecule has 0 fully saturated rings. The normalized spacial score (nSPS) is 10.8. The van der Waals surface area contributed by atoms with E-state index in [1.165, 1.54) is 44.5 Å². The zero-order valence-electron chi connectivity index (χ0n) is 16.5. The highest BCUT2D eigenvalue weighted by atomic mass is 16.5. The van der Waals surface area contributed by atoms with Gasteiger partial charge in [0.1, 0.15) is 5.75 Å². The predicted octanol–water partition coefficient (Wildman–Crippen LogP) is 6.91. The van der Waals surface area contributed by atoms with Gasteiger partial charge >= 0.3 is 0 Å². The molecule has 0 aliphatic carbocycles. The van der Waals surface area contributed by atoms with E-state index < -0.39 is 0 Å². The van der Waals surface area contributed by atoms with Crippen LogP contribution in [0.15, 0.2) is 54.6 Å². The molecule has 0 aromatic heterocycles. The topological polar surface area (TPSA) is 9.23 Å². The minimum Gasteiger partial charge on any atom is -0.496 e. The standard InChI is InChI=1S/C25H28O/c1-6-7-22-16-23(20-12-8-17(2)9-13-20)19(4)24(25(22)26-5)21-14-10-18(3)11-15-21/h8-16H,6-7H2,1-5H3. The third-order valence-electron chi connectivity index (χ3n) is 5.04. The number of aryl methyl sites for hydroxylation is 3. The van der Waals surface area contributed by atoms with Gasteiger partial charge in [0.15, 0.2) is 0 Å². The molecule has 0 aliphatic heterocycles. The van der Waals surface area contributed by atoms with Gasteiger partial charge in [-0.25, -0.2) is 0 Å². The van der Waals surface area contributed by atoms with Crippen molar-refractivity contribution in [2.24, 2.45) is 0 Å². The third-order valence-corrected chi connectivity index (χ3v) is 5.04. The monoisotopic (exact) mass is 344 g/mol. The van der Waals surface area contributed by atoms with E-state index in [0.717, 1.165) is 18.6 Å². The van der Waals surface area contributed by atoms with Crippen LogP contribution in [-0.2, 0) is 6.42 Å². The van der Waals surface area contributed by atoms with E-state index in [4.69, 9.17) is 4.74 Å². The summed E-state index contributed by atoms with van der Waals surface area (Å²) in [7, 11) is 1.79. The van der Waals surface area contributed by atoms with Crippen molar-refractivity contribution in [3.63, 3.8) is 0 Å². The quantitative estimate of drug-likeness (QED) is 0.489. The summed E-state index contributed by atoms with van der Waals surface area (Å²) in [6.45, 7) is 8.68. The lowest BCUT2D eigenvalue weighted by atomic mass is 9.88. The molecule has 1 nitrogen and oxygen atoms in total. The van der Waals surface area contributed by atoms with Gasteiger partial charge < -0.3 is 4.74 Å². The zero-order chi connectivity index (χ0) is 18.7. The van der Waals surface area contributed by atoms with Crippen molar-refractivity contribution in [1.82, 2.24) is 0 Å². The lowest BCUT2D eigenvalue weighted by Gasteiger charge is -2.20. The second-order valence-electron chi connectivity index (χ2n) is 7.10. The van der Waals surface area contributed by atoms with Crippen LogP contribution in [0.25, 0.3) is 22.3 Å². The number of ether oxygens (including phenoxy) is 1. The molecule has 0 aliphatic rings. The van der Waals surface area contributed by atoms with Crippen LogP contribution in [0.5, 0.6) is 5.75 Å². The lowest BCUT2D eigenvalue weighted by Crippen LogP contribution is -2.00. The molecule has 0 N–H and O–H groups in total. The van der Waals surface area contributed by atoms with E-state index in [2.05, 4.69) is 82.3 Å². The molecule has 3 aromatic rings. The van der Waals surface area contributed by atoms with Gasteiger partial charge in [0.25, 0.3) is 0 Å². The average molecular weight is 344 g/mol. The molecule has 0 saturated carbocycles. The molecule has 3 aromatic carbocycles. The Hall–Kier alpha value is -2.54. The first-order valence-electron chi connectivity index (χ1n) is 9.39. The van der Waals surface area contributed by atoms with Crippen LogP contribution in [0, 0.1) is 20.8 Å². The van der Waals surface area contributed by atoms with Crippen molar-refractivity contribution in [2.75, 3.05) is 7.11 Å². The van der Waals surface area contributed by atoms with Crippen LogP contribution in [0.3, 0.4) is 0 Å². The van der Waals surface area contributed by atoms with Gasteiger partial charge in [0.2, 0.25) is 0 Å². The molecule has 0 unspecified atom stereocenters. The van der Waals surface area contributed by atoms with Crippen molar-refractivity contribution in [3.8, 4) is 28.0 Å². The largest absolute Gasteiger partial charge is 0.496 e. The molecule has 0 heterocycles. The number of methoxy groups -OCH3 is 1. The molecule has 134 valence electrons. The highest BCUT2D eigenvalue weighted by molar-refractivity contribution is 5.84. The minimum absolute atomic E-state index is 1.02. The second kappa shape index (κ2) is 7.78. The summed E-state index contributed by atoms with van der Waals surface area (Å²) in [5.41, 5.74) is 10.1. The van der Waals surface area contributed by atoms with Crippen molar-refractivity contribution >= 4 is 0 Å². The summed E-state index contributed by atoms with van der Waals surface area (Å²) in [5, 5.41) is 0.